The van der Waals surface area contributed by atoms with Crippen LogP contribution in [0.15, 0.2) is 34.4 Å². The molecule has 1 aromatic carbocycles. The summed E-state index contributed by atoms with van der Waals surface area (Å²) in [5.74, 6) is -0.210. The second-order valence-corrected chi connectivity index (χ2v) is 6.91. The molecule has 0 unspecified atom stereocenters. The van der Waals surface area contributed by atoms with Gasteiger partial charge < -0.3 is 20.1 Å². The molecule has 0 radical (unpaired) electrons. The van der Waals surface area contributed by atoms with Crippen molar-refractivity contribution in [3.05, 3.63) is 50.0 Å². The molecule has 1 aliphatic rings. The van der Waals surface area contributed by atoms with Crippen molar-refractivity contribution < 1.29 is 9.59 Å². The van der Waals surface area contributed by atoms with Crippen LogP contribution in [0.2, 0.25) is 5.02 Å². The quantitative estimate of drug-likeness (QED) is 0.839. The maximum atomic E-state index is 12.4. The highest BCUT2D eigenvalue weighted by molar-refractivity contribution is 7.07. The van der Waals surface area contributed by atoms with Crippen LogP contribution >= 0.6 is 22.9 Å². The van der Waals surface area contributed by atoms with Gasteiger partial charge in [-0.1, -0.05) is 22.9 Å². The molecule has 2 aromatic rings. The van der Waals surface area contributed by atoms with Gasteiger partial charge in [-0.15, -0.1) is 0 Å². The second kappa shape index (κ2) is 7.71. The molecule has 7 nitrogen and oxygen atoms in total. The molecule has 3 amide bonds. The van der Waals surface area contributed by atoms with E-state index >= 15 is 0 Å². The molecule has 1 saturated heterocycles. The van der Waals surface area contributed by atoms with Gasteiger partial charge in [0, 0.05) is 42.3 Å². The minimum Gasteiger partial charge on any atom is -0.336 e. The van der Waals surface area contributed by atoms with Crippen molar-refractivity contribution in [2.45, 2.75) is 6.42 Å². The summed E-state index contributed by atoms with van der Waals surface area (Å²) in [6, 6.07) is 6.69. The average Bonchev–Trinajstić information content (AvgIpc) is 2.89. The maximum absolute atomic E-state index is 12.4. The number of amides is 3. The molecular formula is C16H17ClN4O3S. The van der Waals surface area contributed by atoms with E-state index in [0.717, 1.165) is 11.3 Å². The number of hydrogen-bond acceptors (Lipinski definition) is 4. The number of benzene rings is 1. The molecule has 9 heteroatoms. The summed E-state index contributed by atoms with van der Waals surface area (Å²) in [5.41, 5.74) is 0.969. The van der Waals surface area contributed by atoms with E-state index in [-0.39, 0.29) is 16.8 Å². The van der Waals surface area contributed by atoms with Crippen LogP contribution in [0.3, 0.4) is 0 Å². The van der Waals surface area contributed by atoms with Gasteiger partial charge in [0.1, 0.15) is 5.69 Å². The Morgan fingerprint density at radius 3 is 2.44 bits per heavy atom. The third-order valence-corrected chi connectivity index (χ3v) is 4.84. The normalized spacial score (nSPS) is 14.9. The van der Waals surface area contributed by atoms with Crippen molar-refractivity contribution in [1.82, 2.24) is 14.8 Å². The first-order valence-electron chi connectivity index (χ1n) is 7.81. The number of rotatable bonds is 2. The number of carbonyl (C=O) groups is 2. The molecule has 0 spiro atoms. The van der Waals surface area contributed by atoms with E-state index in [2.05, 4.69) is 10.3 Å². The summed E-state index contributed by atoms with van der Waals surface area (Å²) in [4.78, 5) is 41.6. The van der Waals surface area contributed by atoms with Crippen molar-refractivity contribution in [1.29, 1.82) is 0 Å². The zero-order valence-electron chi connectivity index (χ0n) is 13.3. The largest absolute Gasteiger partial charge is 0.336 e. The van der Waals surface area contributed by atoms with E-state index in [1.165, 1.54) is 5.38 Å². The number of anilines is 1. The van der Waals surface area contributed by atoms with Crippen LogP contribution in [0.5, 0.6) is 0 Å². The fourth-order valence-electron chi connectivity index (χ4n) is 2.61. The van der Waals surface area contributed by atoms with Gasteiger partial charge in [0.25, 0.3) is 5.91 Å². The Balaban J connectivity index is 1.59. The molecule has 0 atom stereocenters. The average molecular weight is 381 g/mol. The van der Waals surface area contributed by atoms with Crippen LogP contribution in [0, 0.1) is 0 Å². The van der Waals surface area contributed by atoms with Crippen molar-refractivity contribution >= 4 is 40.6 Å². The predicted molar refractivity (Wildman–Crippen MR) is 97.5 cm³/mol. The number of halogens is 1. The molecule has 1 aliphatic heterocycles. The van der Waals surface area contributed by atoms with Crippen LogP contribution in [0.25, 0.3) is 0 Å². The van der Waals surface area contributed by atoms with Gasteiger partial charge >= 0.3 is 10.9 Å². The molecule has 2 heterocycles. The molecule has 1 fully saturated rings. The minimum absolute atomic E-state index is 0.208. The van der Waals surface area contributed by atoms with E-state index in [9.17, 15) is 14.4 Å². The summed E-state index contributed by atoms with van der Waals surface area (Å²) in [6.07, 6.45) is 0.675. The van der Waals surface area contributed by atoms with Crippen LogP contribution in [-0.2, 0) is 0 Å². The molecule has 0 aliphatic carbocycles. The zero-order valence-corrected chi connectivity index (χ0v) is 14.9. The number of carbonyl (C=O) groups excluding carboxylic acids is 2. The Morgan fingerprint density at radius 1 is 1.08 bits per heavy atom. The highest BCUT2D eigenvalue weighted by Crippen LogP contribution is 2.15. The maximum Gasteiger partial charge on any atom is 0.321 e. The molecule has 25 heavy (non-hydrogen) atoms. The summed E-state index contributed by atoms with van der Waals surface area (Å²) in [6.45, 7) is 1.95. The van der Waals surface area contributed by atoms with Crippen molar-refractivity contribution in [3.8, 4) is 0 Å². The SMILES string of the molecule is O=C(Nc1ccc(Cl)cc1)N1CCCN(C(=O)c2csc(=O)[nH]2)CC1. The van der Waals surface area contributed by atoms with E-state index in [1.54, 1.807) is 34.1 Å². The summed E-state index contributed by atoms with van der Waals surface area (Å²) >= 11 is 6.80. The highest BCUT2D eigenvalue weighted by Gasteiger charge is 2.23. The monoisotopic (exact) mass is 380 g/mol. The van der Waals surface area contributed by atoms with Gasteiger partial charge in [-0.3, -0.25) is 9.59 Å². The minimum atomic E-state index is -0.248. The molecule has 1 aromatic heterocycles. The fraction of sp³-hybridized carbons (Fsp3) is 0.312. The van der Waals surface area contributed by atoms with E-state index in [4.69, 9.17) is 11.6 Å². The third-order valence-electron chi connectivity index (χ3n) is 3.92. The highest BCUT2D eigenvalue weighted by atomic mass is 35.5. The number of hydrogen-bond donors (Lipinski definition) is 2. The summed E-state index contributed by atoms with van der Waals surface area (Å²) in [5, 5.41) is 4.96. The first kappa shape index (κ1) is 17.5. The first-order valence-corrected chi connectivity index (χ1v) is 9.07. The molecule has 3 rings (SSSR count). The number of urea groups is 1. The lowest BCUT2D eigenvalue weighted by Gasteiger charge is -2.22. The number of thiazole rings is 1. The molecular weight excluding hydrogens is 364 g/mol. The zero-order chi connectivity index (χ0) is 17.8. The van der Waals surface area contributed by atoms with Gasteiger partial charge in [0.05, 0.1) is 0 Å². The number of aromatic amines is 1. The first-order chi connectivity index (χ1) is 12.0. The summed E-state index contributed by atoms with van der Waals surface area (Å²) < 4.78 is 0. The van der Waals surface area contributed by atoms with Gasteiger partial charge in [-0.25, -0.2) is 4.79 Å². The standard InChI is InChI=1S/C16H17ClN4O3S/c17-11-2-4-12(5-3-11)18-15(23)21-7-1-6-20(8-9-21)14(22)13-10-25-16(24)19-13/h2-5,10H,1,6-9H2,(H,18,23)(H,19,24). The Kier molecular flexibility index (Phi) is 5.40. The number of aromatic nitrogens is 1. The van der Waals surface area contributed by atoms with Gasteiger partial charge in [-0.05, 0) is 30.7 Å². The lowest BCUT2D eigenvalue weighted by atomic mass is 10.3. The number of nitrogens with one attached hydrogen (secondary N) is 2. The Morgan fingerprint density at radius 2 is 1.76 bits per heavy atom. The van der Waals surface area contributed by atoms with Gasteiger partial charge in [0.2, 0.25) is 0 Å². The Labute approximate surface area is 153 Å². The van der Waals surface area contributed by atoms with E-state index < -0.39 is 0 Å². The third kappa shape index (κ3) is 4.40. The van der Waals surface area contributed by atoms with Crippen LogP contribution in [-0.4, -0.2) is 52.9 Å². The van der Waals surface area contributed by atoms with E-state index in [1.807, 2.05) is 0 Å². The lowest BCUT2D eigenvalue weighted by molar-refractivity contribution is 0.0757. The molecule has 132 valence electrons. The van der Waals surface area contributed by atoms with Crippen LogP contribution < -0.4 is 10.2 Å². The van der Waals surface area contributed by atoms with Crippen molar-refractivity contribution in [3.63, 3.8) is 0 Å². The van der Waals surface area contributed by atoms with Gasteiger partial charge in [0.15, 0.2) is 0 Å². The molecule has 2 N–H and O–H groups in total. The number of nitrogens with zero attached hydrogens (tertiary/aromatic N) is 2. The smallest absolute Gasteiger partial charge is 0.321 e. The predicted octanol–water partition coefficient (Wildman–Crippen LogP) is 2.47. The lowest BCUT2D eigenvalue weighted by Crippen LogP contribution is -2.39. The fourth-order valence-corrected chi connectivity index (χ4v) is 3.29. The van der Waals surface area contributed by atoms with Crippen molar-refractivity contribution in [2.75, 3.05) is 31.5 Å². The van der Waals surface area contributed by atoms with Gasteiger partial charge in [-0.2, -0.15) is 0 Å². The second-order valence-electron chi connectivity index (χ2n) is 5.63. The topological polar surface area (TPSA) is 85.5 Å². The van der Waals surface area contributed by atoms with E-state index in [0.29, 0.717) is 49.0 Å². The molecule has 0 bridgehead atoms. The number of H-pyrrole nitrogens is 1. The summed E-state index contributed by atoms with van der Waals surface area (Å²) in [7, 11) is 0. The van der Waals surface area contributed by atoms with Crippen LogP contribution in [0.4, 0.5) is 10.5 Å². The molecule has 0 saturated carbocycles. The Hall–Kier alpha value is -2.32. The van der Waals surface area contributed by atoms with Crippen molar-refractivity contribution in [2.24, 2.45) is 0 Å². The van der Waals surface area contributed by atoms with Crippen LogP contribution in [0.1, 0.15) is 16.9 Å². The Bertz CT molecular complexity index is 817.